The summed E-state index contributed by atoms with van der Waals surface area (Å²) in [6.07, 6.45) is 0.786. The first kappa shape index (κ1) is 36.5. The molecule has 19 heteroatoms. The van der Waals surface area contributed by atoms with Gasteiger partial charge in [-0.2, -0.15) is 0 Å². The van der Waals surface area contributed by atoms with Gasteiger partial charge >= 0.3 is 17.9 Å². The fraction of sp³-hybridized carbons (Fsp3) is 0.545. The number of aromatic nitrogens is 2. The lowest BCUT2D eigenvalue weighted by atomic mass is 9.79. The molecule has 0 aliphatic carbocycles. The number of hydrogen-bond acceptors (Lipinski definition) is 15. The molecule has 1 aromatic heterocycles. The number of nitrogens with two attached hydrogens (primary N) is 3. The Hall–Kier alpha value is -5.27. The summed E-state index contributed by atoms with van der Waals surface area (Å²) < 4.78 is 18.0. The third-order valence-electron chi connectivity index (χ3n) is 10.1. The fourth-order valence-corrected chi connectivity index (χ4v) is 7.06. The maximum absolute atomic E-state index is 13.7. The molecule has 4 aliphatic rings. The maximum Gasteiger partial charge on any atom is 0.347 e. The van der Waals surface area contributed by atoms with Crippen molar-refractivity contribution in [1.82, 2.24) is 31.5 Å². The van der Waals surface area contributed by atoms with Crippen LogP contribution in [0.4, 0.5) is 0 Å². The molecule has 1 spiro atoms. The molecule has 2 amide bonds. The number of rotatable bonds is 11. The van der Waals surface area contributed by atoms with Crippen molar-refractivity contribution in [3.05, 3.63) is 47.2 Å². The number of carbonyl (C=O) groups excluding carboxylic acids is 3. The third kappa shape index (κ3) is 6.39. The Morgan fingerprint density at radius 3 is 2.62 bits per heavy atom. The number of nitrogens with one attached hydrogen (secondary N) is 5. The number of esters is 1. The van der Waals surface area contributed by atoms with Crippen LogP contribution >= 0.6 is 0 Å². The van der Waals surface area contributed by atoms with Crippen molar-refractivity contribution in [3.8, 4) is 11.6 Å². The van der Waals surface area contributed by atoms with Crippen LogP contribution in [-0.2, 0) is 14.9 Å². The Morgan fingerprint density at radius 2 is 1.90 bits per heavy atom. The summed E-state index contributed by atoms with van der Waals surface area (Å²) in [5, 5.41) is 43.2. The second kappa shape index (κ2) is 13.7. The predicted octanol–water partition coefficient (Wildman–Crippen LogP) is -4.97. The summed E-state index contributed by atoms with van der Waals surface area (Å²) in [6.45, 7) is 8.02. The van der Waals surface area contributed by atoms with Gasteiger partial charge in [-0.3, -0.25) is 36.2 Å². The zero-order valence-electron chi connectivity index (χ0n) is 29.4. The van der Waals surface area contributed by atoms with Gasteiger partial charge in [0.05, 0.1) is 25.3 Å². The average Bonchev–Trinajstić information content (AvgIpc) is 3.57. The first-order chi connectivity index (χ1) is 24.6. The van der Waals surface area contributed by atoms with Crippen molar-refractivity contribution < 1.29 is 48.4 Å². The molecule has 0 bridgehead atoms. The molecular formula is C33H47N11O8+2. The van der Waals surface area contributed by atoms with E-state index in [4.69, 9.17) is 31.4 Å². The van der Waals surface area contributed by atoms with Gasteiger partial charge in [0.2, 0.25) is 5.88 Å². The van der Waals surface area contributed by atoms with Crippen molar-refractivity contribution in [2.75, 3.05) is 32.9 Å². The molecule has 5 atom stereocenters. The number of fused-ring (bicyclic) bond motifs is 1. The first-order valence-electron chi connectivity index (χ1n) is 17.1. The standard InChI is InChI=1S/C33H45N11O8/c1-16(2)23(34)28(47)52-13-12-50-22-9-8-19(42-43-22)27(46)37-14-20-25-32(41-29(35)40-25)33(48,49)21(15-44(32)30(36)38-20)39-26(45)17-6-5-7-18-24(17)51-11-10-31(18,3)4/h5-9,16,20-21,23,25,48-49H,10-15,34H2,1-4H3,(H7,35,36,37,38,39,40,41,45,46)/p+2/t20-,21?,23-,25-,32-/m0/s1. The highest BCUT2D eigenvalue weighted by Crippen LogP contribution is 2.41. The van der Waals surface area contributed by atoms with E-state index in [2.05, 4.69) is 50.3 Å². The number of nitrogens with zero attached hydrogens (tertiary/aromatic N) is 3. The Morgan fingerprint density at radius 1 is 1.13 bits per heavy atom. The number of benzene rings is 1. The van der Waals surface area contributed by atoms with Crippen molar-refractivity contribution in [2.24, 2.45) is 23.1 Å². The summed E-state index contributed by atoms with van der Waals surface area (Å²) in [4.78, 5) is 41.7. The fourth-order valence-electron chi connectivity index (χ4n) is 7.06. The number of carbonyl (C=O) groups is 3. The largest absolute Gasteiger partial charge is 0.492 e. The highest BCUT2D eigenvalue weighted by molar-refractivity contribution is 5.98. The number of amides is 2. The SMILES string of the molecule is CC(C)[C@H](N)C(=O)OCCOc1ccc(C(=O)NC[C@@H]2NC(N)=[N+]3CC(NC(=O)c4cccc5c4OCCC5(C)C)C(O)(O)[C@@]34NC(N)=[NH+][C@@H]24)nn1. The molecule has 1 unspecified atom stereocenters. The molecular weight excluding hydrogens is 678 g/mol. The lowest BCUT2D eigenvalue weighted by Crippen LogP contribution is -2.92. The molecule has 5 heterocycles. The molecule has 280 valence electrons. The second-order valence-electron chi connectivity index (χ2n) is 14.3. The van der Waals surface area contributed by atoms with Crippen LogP contribution in [0.5, 0.6) is 11.6 Å². The maximum atomic E-state index is 13.7. The Kier molecular flexibility index (Phi) is 9.62. The summed E-state index contributed by atoms with van der Waals surface area (Å²) in [6, 6.07) is 4.58. The summed E-state index contributed by atoms with van der Waals surface area (Å²) in [5.74, 6) is -3.70. The lowest BCUT2D eigenvalue weighted by molar-refractivity contribution is -0.674. The molecule has 1 saturated heterocycles. The monoisotopic (exact) mass is 725 g/mol. The molecule has 4 aliphatic heterocycles. The highest BCUT2D eigenvalue weighted by atomic mass is 16.6. The summed E-state index contributed by atoms with van der Waals surface area (Å²) in [5.41, 5.74) is 17.6. The summed E-state index contributed by atoms with van der Waals surface area (Å²) in [7, 11) is 0. The van der Waals surface area contributed by atoms with Crippen LogP contribution in [0.3, 0.4) is 0 Å². The van der Waals surface area contributed by atoms with Crippen LogP contribution in [0.15, 0.2) is 30.3 Å². The Bertz CT molecular complexity index is 1800. The van der Waals surface area contributed by atoms with Gasteiger partial charge in [0.1, 0.15) is 37.1 Å². The first-order valence-corrected chi connectivity index (χ1v) is 17.1. The molecule has 13 N–H and O–H groups in total. The van der Waals surface area contributed by atoms with Crippen molar-refractivity contribution in [2.45, 2.75) is 75.1 Å². The minimum atomic E-state index is -2.63. The molecule has 6 rings (SSSR count). The minimum absolute atomic E-state index is 0.00607. The lowest BCUT2D eigenvalue weighted by Gasteiger charge is -2.41. The molecule has 52 heavy (non-hydrogen) atoms. The van der Waals surface area contributed by atoms with Crippen LogP contribution in [-0.4, -0.2) is 123 Å². The number of aliphatic hydroxyl groups is 2. The van der Waals surface area contributed by atoms with Crippen molar-refractivity contribution >= 4 is 29.7 Å². The summed E-state index contributed by atoms with van der Waals surface area (Å²) >= 11 is 0. The quantitative estimate of drug-likeness (QED) is 0.0449. The van der Waals surface area contributed by atoms with Crippen LogP contribution in [0, 0.1) is 5.92 Å². The minimum Gasteiger partial charge on any atom is -0.492 e. The average molecular weight is 726 g/mol. The predicted molar refractivity (Wildman–Crippen MR) is 183 cm³/mol. The van der Waals surface area contributed by atoms with Crippen LogP contribution in [0.2, 0.25) is 0 Å². The van der Waals surface area contributed by atoms with Gasteiger partial charge in [-0.15, -0.1) is 10.2 Å². The zero-order chi connectivity index (χ0) is 37.6. The normalized spacial score (nSPS) is 25.6. The van der Waals surface area contributed by atoms with Gasteiger partial charge in [-0.25, -0.2) is 9.89 Å². The third-order valence-corrected chi connectivity index (χ3v) is 10.1. The molecule has 1 aromatic carbocycles. The molecule has 19 nitrogen and oxygen atoms in total. The van der Waals surface area contributed by atoms with E-state index in [-0.39, 0.29) is 66.7 Å². The van der Waals surface area contributed by atoms with E-state index in [1.165, 1.54) is 16.7 Å². The molecule has 2 aromatic rings. The van der Waals surface area contributed by atoms with Gasteiger partial charge in [0.15, 0.2) is 11.7 Å². The number of ether oxygens (including phenoxy) is 3. The molecule has 0 saturated carbocycles. The van der Waals surface area contributed by atoms with Gasteiger partial charge in [0, 0.05) is 11.6 Å². The topological polar surface area (TPSA) is 288 Å². The molecule has 1 fully saturated rings. The van der Waals surface area contributed by atoms with Crippen LogP contribution in [0.1, 0.15) is 60.5 Å². The van der Waals surface area contributed by atoms with E-state index in [9.17, 15) is 24.6 Å². The van der Waals surface area contributed by atoms with Crippen LogP contribution < -0.4 is 52.9 Å². The number of guanidine groups is 2. The Labute approximate surface area is 299 Å². The van der Waals surface area contributed by atoms with Gasteiger partial charge < -0.3 is 40.8 Å². The number of para-hydroxylation sites is 1. The zero-order valence-corrected chi connectivity index (χ0v) is 29.4. The van der Waals surface area contributed by atoms with Gasteiger partial charge in [-0.1, -0.05) is 39.8 Å². The van der Waals surface area contributed by atoms with E-state index in [0.29, 0.717) is 12.4 Å². The van der Waals surface area contributed by atoms with E-state index in [1.807, 2.05) is 19.9 Å². The van der Waals surface area contributed by atoms with Gasteiger partial charge in [0.25, 0.3) is 23.3 Å². The Balaban J connectivity index is 1.11. The van der Waals surface area contributed by atoms with Crippen molar-refractivity contribution in [3.63, 3.8) is 0 Å². The van der Waals surface area contributed by atoms with E-state index in [1.54, 1.807) is 12.1 Å². The highest BCUT2D eigenvalue weighted by Gasteiger charge is 2.78. The number of hydrogen-bond donors (Lipinski definition) is 10. The van der Waals surface area contributed by atoms with Crippen molar-refractivity contribution in [1.29, 1.82) is 0 Å². The van der Waals surface area contributed by atoms with Crippen LogP contribution in [0.25, 0.3) is 0 Å². The van der Waals surface area contributed by atoms with E-state index >= 15 is 0 Å². The molecule has 0 radical (unpaired) electrons. The van der Waals surface area contributed by atoms with E-state index < -0.39 is 53.4 Å². The second-order valence-corrected chi connectivity index (χ2v) is 14.3. The van der Waals surface area contributed by atoms with E-state index in [0.717, 1.165) is 12.0 Å². The van der Waals surface area contributed by atoms with Gasteiger partial charge in [-0.05, 0) is 29.9 Å². The smallest absolute Gasteiger partial charge is 0.347 e.